The number of amides is 1. The molecule has 3 aromatic rings. The van der Waals surface area contributed by atoms with Crippen LogP contribution in [0.25, 0.3) is 10.9 Å². The molecule has 0 bridgehead atoms. The highest BCUT2D eigenvalue weighted by atomic mass is 16.5. The quantitative estimate of drug-likeness (QED) is 0.512. The second kappa shape index (κ2) is 10.2. The summed E-state index contributed by atoms with van der Waals surface area (Å²) in [5.74, 6) is -1.44. The second-order valence-corrected chi connectivity index (χ2v) is 6.97. The number of hydrogen-bond donors (Lipinski definition) is 1. The molecule has 1 heterocycles. The first-order chi connectivity index (χ1) is 14.9. The maximum Gasteiger partial charge on any atom is 0.308 e. The third kappa shape index (κ3) is 6.05. The van der Waals surface area contributed by atoms with Crippen molar-refractivity contribution in [2.24, 2.45) is 0 Å². The largest absolute Gasteiger partial charge is 0.456 e. The van der Waals surface area contributed by atoms with Crippen LogP contribution in [0.5, 0.6) is 0 Å². The van der Waals surface area contributed by atoms with Gasteiger partial charge in [0, 0.05) is 0 Å². The number of aromatic nitrogens is 3. The molecule has 1 amide bonds. The standard InChI is InChI=1S/C22H22N4O5/c1-15(27)19(13-16-7-3-2-4-8-16)23-20(28)14-31-21(29)11-12-26-22(30)17-9-5-6-10-18(17)24-25-26/h2-10,19H,11-14H2,1H3,(H,23,28). The number of aryl methyl sites for hydroxylation is 1. The molecule has 0 aliphatic heterocycles. The lowest BCUT2D eigenvalue weighted by Gasteiger charge is -2.16. The molecular formula is C22H22N4O5. The molecule has 160 valence electrons. The van der Waals surface area contributed by atoms with Gasteiger partial charge in [-0.25, -0.2) is 4.68 Å². The van der Waals surface area contributed by atoms with Gasteiger partial charge in [0.05, 0.1) is 24.4 Å². The molecule has 1 N–H and O–H groups in total. The molecule has 0 aliphatic carbocycles. The van der Waals surface area contributed by atoms with E-state index >= 15 is 0 Å². The Kier molecular flexibility index (Phi) is 7.21. The molecule has 0 spiro atoms. The number of carbonyl (C=O) groups excluding carboxylic acids is 3. The van der Waals surface area contributed by atoms with E-state index in [-0.39, 0.29) is 24.3 Å². The van der Waals surface area contributed by atoms with E-state index in [1.165, 1.54) is 6.92 Å². The molecule has 1 atom stereocenters. The molecule has 0 aliphatic rings. The fraction of sp³-hybridized carbons (Fsp3) is 0.273. The van der Waals surface area contributed by atoms with E-state index in [2.05, 4.69) is 15.6 Å². The first kappa shape index (κ1) is 21.8. The third-order valence-electron chi connectivity index (χ3n) is 4.63. The number of benzene rings is 2. The Hall–Kier alpha value is -3.88. The number of nitrogens with zero attached hydrogens (tertiary/aromatic N) is 3. The van der Waals surface area contributed by atoms with E-state index in [1.807, 2.05) is 30.3 Å². The van der Waals surface area contributed by atoms with Crippen LogP contribution in [-0.4, -0.2) is 45.3 Å². The predicted molar refractivity (Wildman–Crippen MR) is 112 cm³/mol. The zero-order valence-corrected chi connectivity index (χ0v) is 17.0. The average Bonchev–Trinajstić information content (AvgIpc) is 2.77. The van der Waals surface area contributed by atoms with Crippen molar-refractivity contribution < 1.29 is 19.1 Å². The summed E-state index contributed by atoms with van der Waals surface area (Å²) < 4.78 is 6.04. The van der Waals surface area contributed by atoms with Crippen molar-refractivity contribution in [3.8, 4) is 0 Å². The fourth-order valence-electron chi connectivity index (χ4n) is 2.97. The van der Waals surface area contributed by atoms with E-state index in [9.17, 15) is 19.2 Å². The normalized spacial score (nSPS) is 11.6. The summed E-state index contributed by atoms with van der Waals surface area (Å²) in [5.41, 5.74) is 1.02. The highest BCUT2D eigenvalue weighted by Crippen LogP contribution is 2.05. The third-order valence-corrected chi connectivity index (χ3v) is 4.63. The fourth-order valence-corrected chi connectivity index (χ4v) is 2.97. The molecule has 1 unspecified atom stereocenters. The summed E-state index contributed by atoms with van der Waals surface area (Å²) in [7, 11) is 0. The molecule has 0 fully saturated rings. The van der Waals surface area contributed by atoms with Gasteiger partial charge in [-0.15, -0.1) is 5.10 Å². The SMILES string of the molecule is CC(=O)C(Cc1ccccc1)NC(=O)COC(=O)CCn1nnc2ccccc2c1=O. The van der Waals surface area contributed by atoms with Gasteiger partial charge >= 0.3 is 5.97 Å². The van der Waals surface area contributed by atoms with Gasteiger partial charge < -0.3 is 10.1 Å². The number of rotatable bonds is 9. The van der Waals surface area contributed by atoms with Crippen LogP contribution in [0.1, 0.15) is 18.9 Å². The van der Waals surface area contributed by atoms with Gasteiger partial charge in [0.1, 0.15) is 5.52 Å². The molecular weight excluding hydrogens is 400 g/mol. The monoisotopic (exact) mass is 422 g/mol. The zero-order valence-electron chi connectivity index (χ0n) is 17.0. The van der Waals surface area contributed by atoms with Crippen LogP contribution in [0.4, 0.5) is 0 Å². The Bertz CT molecular complexity index is 1140. The van der Waals surface area contributed by atoms with Crippen LogP contribution < -0.4 is 10.9 Å². The van der Waals surface area contributed by atoms with Gasteiger partial charge in [-0.2, -0.15) is 0 Å². The number of hydrogen-bond acceptors (Lipinski definition) is 7. The molecule has 2 aromatic carbocycles. The maximum atomic E-state index is 12.4. The highest BCUT2D eigenvalue weighted by molar-refractivity contribution is 5.88. The highest BCUT2D eigenvalue weighted by Gasteiger charge is 2.18. The van der Waals surface area contributed by atoms with Crippen molar-refractivity contribution in [3.63, 3.8) is 0 Å². The first-order valence-electron chi connectivity index (χ1n) is 9.76. The van der Waals surface area contributed by atoms with Gasteiger partial charge in [-0.1, -0.05) is 47.7 Å². The van der Waals surface area contributed by atoms with Crippen LogP contribution in [0, 0.1) is 0 Å². The summed E-state index contributed by atoms with van der Waals surface area (Å²) in [4.78, 5) is 48.3. The van der Waals surface area contributed by atoms with E-state index < -0.39 is 24.5 Å². The van der Waals surface area contributed by atoms with Gasteiger partial charge in [0.15, 0.2) is 12.4 Å². The predicted octanol–water partition coefficient (Wildman–Crippen LogP) is 1.04. The van der Waals surface area contributed by atoms with Crippen molar-refractivity contribution in [2.45, 2.75) is 32.4 Å². The number of ketones is 1. The van der Waals surface area contributed by atoms with Crippen molar-refractivity contribution in [2.75, 3.05) is 6.61 Å². The second-order valence-electron chi connectivity index (χ2n) is 6.97. The van der Waals surface area contributed by atoms with Crippen molar-refractivity contribution >= 4 is 28.6 Å². The van der Waals surface area contributed by atoms with Gasteiger partial charge in [0.25, 0.3) is 11.5 Å². The Morgan fingerprint density at radius 1 is 1.06 bits per heavy atom. The molecule has 9 nitrogen and oxygen atoms in total. The lowest BCUT2D eigenvalue weighted by Crippen LogP contribution is -2.43. The molecule has 9 heteroatoms. The molecule has 3 rings (SSSR count). The number of Topliss-reactive ketones (excluding diaryl/α,β-unsaturated/α-hetero) is 1. The van der Waals surface area contributed by atoms with Gasteiger partial charge in [-0.05, 0) is 31.0 Å². The first-order valence-corrected chi connectivity index (χ1v) is 9.76. The van der Waals surface area contributed by atoms with E-state index in [1.54, 1.807) is 24.3 Å². The Balaban J connectivity index is 1.48. The number of esters is 1. The number of fused-ring (bicyclic) bond motifs is 1. The number of nitrogens with one attached hydrogen (secondary N) is 1. The van der Waals surface area contributed by atoms with Crippen LogP contribution in [0.15, 0.2) is 59.4 Å². The van der Waals surface area contributed by atoms with Crippen molar-refractivity contribution in [3.05, 3.63) is 70.5 Å². The summed E-state index contributed by atoms with van der Waals surface area (Å²) >= 11 is 0. The van der Waals surface area contributed by atoms with Gasteiger partial charge in [-0.3, -0.25) is 19.2 Å². The van der Waals surface area contributed by atoms with E-state index in [4.69, 9.17) is 4.74 Å². The smallest absolute Gasteiger partial charge is 0.308 e. The minimum atomic E-state index is -0.708. The van der Waals surface area contributed by atoms with E-state index in [0.717, 1.165) is 10.2 Å². The Morgan fingerprint density at radius 3 is 2.52 bits per heavy atom. The molecule has 0 saturated carbocycles. The minimum Gasteiger partial charge on any atom is -0.456 e. The molecule has 31 heavy (non-hydrogen) atoms. The molecule has 0 radical (unpaired) electrons. The van der Waals surface area contributed by atoms with Crippen LogP contribution in [-0.2, 0) is 32.1 Å². The summed E-state index contributed by atoms with van der Waals surface area (Å²) in [6.45, 7) is 0.846. The summed E-state index contributed by atoms with van der Waals surface area (Å²) in [5, 5.41) is 10.7. The molecule has 0 saturated heterocycles. The zero-order chi connectivity index (χ0) is 22.2. The Morgan fingerprint density at radius 2 is 1.77 bits per heavy atom. The average molecular weight is 422 g/mol. The maximum absolute atomic E-state index is 12.4. The van der Waals surface area contributed by atoms with E-state index in [0.29, 0.717) is 17.3 Å². The Labute approximate surface area is 178 Å². The summed E-state index contributed by atoms with van der Waals surface area (Å²) in [6.07, 6.45) is 0.194. The lowest BCUT2D eigenvalue weighted by molar-refractivity contribution is -0.149. The van der Waals surface area contributed by atoms with Crippen molar-refractivity contribution in [1.82, 2.24) is 20.3 Å². The van der Waals surface area contributed by atoms with Crippen molar-refractivity contribution in [1.29, 1.82) is 0 Å². The molecule has 1 aromatic heterocycles. The lowest BCUT2D eigenvalue weighted by atomic mass is 10.0. The summed E-state index contributed by atoms with van der Waals surface area (Å²) in [6, 6.07) is 15.3. The van der Waals surface area contributed by atoms with Gasteiger partial charge in [0.2, 0.25) is 0 Å². The van der Waals surface area contributed by atoms with Crippen LogP contribution in [0.2, 0.25) is 0 Å². The number of ether oxygens (including phenoxy) is 1. The minimum absolute atomic E-state index is 0.0266. The van der Waals surface area contributed by atoms with Crippen LogP contribution in [0.3, 0.4) is 0 Å². The van der Waals surface area contributed by atoms with Crippen LogP contribution >= 0.6 is 0 Å². The number of carbonyl (C=O) groups is 3. The topological polar surface area (TPSA) is 120 Å².